The summed E-state index contributed by atoms with van der Waals surface area (Å²) in [5.74, 6) is -0.978. The number of ether oxygens (including phenoxy) is 2. The zero-order chi connectivity index (χ0) is 42.5. The van der Waals surface area contributed by atoms with E-state index in [4.69, 9.17) is 19.3 Å². The van der Waals surface area contributed by atoms with Crippen LogP contribution in [0, 0.1) is 0 Å². The Morgan fingerprint density at radius 2 is 0.776 bits per heavy atom. The number of hydrogen-bond acceptors (Lipinski definition) is 6. The van der Waals surface area contributed by atoms with E-state index in [0.717, 1.165) is 38.5 Å². The van der Waals surface area contributed by atoms with Gasteiger partial charge in [-0.3, -0.25) is 14.1 Å². The summed E-state index contributed by atoms with van der Waals surface area (Å²) < 4.78 is 26.4. The standard InChI is InChI=1S/C49H89O8P/c1-3-5-7-9-11-13-15-17-19-21-22-23-24-25-26-28-30-32-34-36-38-40-42-44-49(51)57-47(46-56-58(52,53)54)45-55-48(50)43-41-39-37-35-33-31-29-27-20-18-16-14-12-10-8-6-4-2/h18,20,29,31,35-38,47H,3-17,19,21-28,30,32-34,39-46H2,1-2H3,(H2,52,53,54)/b20-18+,31-29+,37-35+,38-36+/t47-/m1/s1. The van der Waals surface area contributed by atoms with Crippen molar-refractivity contribution in [1.82, 2.24) is 0 Å². The van der Waals surface area contributed by atoms with Crippen LogP contribution in [0.2, 0.25) is 0 Å². The summed E-state index contributed by atoms with van der Waals surface area (Å²) in [6, 6.07) is 0. The molecule has 0 radical (unpaired) electrons. The molecule has 0 bridgehead atoms. The minimum Gasteiger partial charge on any atom is -0.462 e. The van der Waals surface area contributed by atoms with Gasteiger partial charge in [0.2, 0.25) is 0 Å². The van der Waals surface area contributed by atoms with Crippen LogP contribution in [-0.2, 0) is 28.2 Å². The molecule has 8 nitrogen and oxygen atoms in total. The molecule has 9 heteroatoms. The second-order valence-electron chi connectivity index (χ2n) is 16.1. The fourth-order valence-corrected chi connectivity index (χ4v) is 7.11. The van der Waals surface area contributed by atoms with Crippen molar-refractivity contribution >= 4 is 19.8 Å². The number of phosphoric acid groups is 1. The van der Waals surface area contributed by atoms with Crippen molar-refractivity contribution < 1.29 is 37.9 Å². The molecule has 0 aromatic rings. The highest BCUT2D eigenvalue weighted by Crippen LogP contribution is 2.36. The number of esters is 2. The van der Waals surface area contributed by atoms with E-state index in [1.165, 1.54) is 154 Å². The molecule has 338 valence electrons. The number of rotatable bonds is 44. The Labute approximate surface area is 356 Å². The first kappa shape index (κ1) is 56.0. The average molecular weight is 837 g/mol. The summed E-state index contributed by atoms with van der Waals surface area (Å²) in [6.07, 6.45) is 55.8. The molecular weight excluding hydrogens is 748 g/mol. The lowest BCUT2D eigenvalue weighted by Gasteiger charge is -2.18. The Bertz CT molecular complexity index is 1080. The van der Waals surface area contributed by atoms with Crippen molar-refractivity contribution in [3.05, 3.63) is 48.6 Å². The lowest BCUT2D eigenvalue weighted by Crippen LogP contribution is -2.29. The van der Waals surface area contributed by atoms with Gasteiger partial charge < -0.3 is 19.3 Å². The van der Waals surface area contributed by atoms with Gasteiger partial charge in [0.05, 0.1) is 6.61 Å². The van der Waals surface area contributed by atoms with Crippen molar-refractivity contribution in [1.29, 1.82) is 0 Å². The molecule has 0 aromatic carbocycles. The molecule has 0 rings (SSSR count). The van der Waals surface area contributed by atoms with Gasteiger partial charge in [-0.1, -0.05) is 204 Å². The maximum Gasteiger partial charge on any atom is 0.469 e. The lowest BCUT2D eigenvalue weighted by molar-refractivity contribution is -0.161. The number of hydrogen-bond donors (Lipinski definition) is 2. The van der Waals surface area contributed by atoms with Crippen LogP contribution in [0.25, 0.3) is 0 Å². The molecule has 0 aromatic heterocycles. The number of allylic oxidation sites excluding steroid dienone is 8. The molecule has 0 aliphatic carbocycles. The van der Waals surface area contributed by atoms with Gasteiger partial charge in [-0.05, 0) is 64.2 Å². The van der Waals surface area contributed by atoms with E-state index >= 15 is 0 Å². The van der Waals surface area contributed by atoms with Crippen LogP contribution in [0.1, 0.15) is 232 Å². The Kier molecular flexibility index (Phi) is 43.0. The number of carbonyl (C=O) groups excluding carboxylic acids is 2. The topological polar surface area (TPSA) is 119 Å². The molecule has 0 aliphatic rings. The summed E-state index contributed by atoms with van der Waals surface area (Å²) >= 11 is 0. The lowest BCUT2D eigenvalue weighted by atomic mass is 10.0. The normalized spacial score (nSPS) is 12.8. The summed E-state index contributed by atoms with van der Waals surface area (Å²) in [5.41, 5.74) is 0. The molecule has 0 aliphatic heterocycles. The molecule has 0 unspecified atom stereocenters. The van der Waals surface area contributed by atoms with Crippen LogP contribution >= 0.6 is 7.82 Å². The second kappa shape index (κ2) is 44.6. The zero-order valence-corrected chi connectivity index (χ0v) is 38.3. The van der Waals surface area contributed by atoms with Gasteiger partial charge in [-0.25, -0.2) is 4.57 Å². The molecule has 0 spiro atoms. The Morgan fingerprint density at radius 1 is 0.448 bits per heavy atom. The van der Waals surface area contributed by atoms with Gasteiger partial charge in [0, 0.05) is 12.8 Å². The molecule has 0 fully saturated rings. The van der Waals surface area contributed by atoms with E-state index in [2.05, 4.69) is 60.9 Å². The van der Waals surface area contributed by atoms with Crippen LogP contribution < -0.4 is 0 Å². The third-order valence-electron chi connectivity index (χ3n) is 10.3. The molecule has 2 N–H and O–H groups in total. The van der Waals surface area contributed by atoms with Gasteiger partial charge in [0.25, 0.3) is 0 Å². The molecule has 0 amide bonds. The van der Waals surface area contributed by atoms with Crippen LogP contribution in [0.4, 0.5) is 0 Å². The van der Waals surface area contributed by atoms with Gasteiger partial charge in [-0.15, -0.1) is 0 Å². The number of carbonyl (C=O) groups is 2. The average Bonchev–Trinajstić information content (AvgIpc) is 3.20. The predicted octanol–water partition coefficient (Wildman–Crippen LogP) is 15.1. The third kappa shape index (κ3) is 46.7. The maximum absolute atomic E-state index is 12.4. The van der Waals surface area contributed by atoms with Crippen LogP contribution in [-0.4, -0.2) is 41.0 Å². The monoisotopic (exact) mass is 837 g/mol. The summed E-state index contributed by atoms with van der Waals surface area (Å²) in [6.45, 7) is 3.64. The molecule has 1 atom stereocenters. The minimum absolute atomic E-state index is 0.154. The van der Waals surface area contributed by atoms with E-state index in [1.807, 2.05) is 6.08 Å². The quantitative estimate of drug-likeness (QED) is 0.0269. The van der Waals surface area contributed by atoms with Gasteiger partial charge in [-0.2, -0.15) is 0 Å². The Balaban J connectivity index is 3.92. The van der Waals surface area contributed by atoms with E-state index in [1.54, 1.807) is 0 Å². The highest BCUT2D eigenvalue weighted by Gasteiger charge is 2.22. The predicted molar refractivity (Wildman–Crippen MR) is 244 cm³/mol. The maximum atomic E-state index is 12.4. The van der Waals surface area contributed by atoms with E-state index in [-0.39, 0.29) is 19.4 Å². The fourth-order valence-electron chi connectivity index (χ4n) is 6.75. The van der Waals surface area contributed by atoms with Crippen molar-refractivity contribution in [2.45, 2.75) is 238 Å². The smallest absolute Gasteiger partial charge is 0.462 e. The van der Waals surface area contributed by atoms with Crippen LogP contribution in [0.15, 0.2) is 48.6 Å². The largest absolute Gasteiger partial charge is 0.469 e. The summed E-state index contributed by atoms with van der Waals surface area (Å²) in [4.78, 5) is 42.9. The summed E-state index contributed by atoms with van der Waals surface area (Å²) in [5, 5.41) is 0. The third-order valence-corrected chi connectivity index (χ3v) is 10.8. The van der Waals surface area contributed by atoms with Gasteiger partial charge in [0.15, 0.2) is 6.10 Å². The molecule has 0 heterocycles. The van der Waals surface area contributed by atoms with Gasteiger partial charge >= 0.3 is 19.8 Å². The SMILES string of the molecule is CCCCCCCC/C=C/C/C=C/C/C=C/CCCC(=O)OC[C@H](COP(=O)(O)O)OC(=O)CCC/C=C/CCCCCCCCCCCCCCCCCCCC. The van der Waals surface area contributed by atoms with E-state index in [0.29, 0.717) is 12.8 Å². The first-order chi connectivity index (χ1) is 28.3. The van der Waals surface area contributed by atoms with Crippen molar-refractivity contribution in [3.63, 3.8) is 0 Å². The minimum atomic E-state index is -4.78. The van der Waals surface area contributed by atoms with Crippen molar-refractivity contribution in [2.24, 2.45) is 0 Å². The summed E-state index contributed by atoms with van der Waals surface area (Å²) in [7, 11) is -4.78. The van der Waals surface area contributed by atoms with Crippen molar-refractivity contribution in [2.75, 3.05) is 13.2 Å². The van der Waals surface area contributed by atoms with Crippen LogP contribution in [0.5, 0.6) is 0 Å². The van der Waals surface area contributed by atoms with Gasteiger partial charge in [0.1, 0.15) is 6.61 Å². The molecular formula is C49H89O8P. The Hall–Kier alpha value is -1.99. The molecule has 58 heavy (non-hydrogen) atoms. The first-order valence-corrected chi connectivity index (χ1v) is 25.5. The van der Waals surface area contributed by atoms with Crippen molar-refractivity contribution in [3.8, 4) is 0 Å². The Morgan fingerprint density at radius 3 is 1.17 bits per heavy atom. The fraction of sp³-hybridized carbons (Fsp3) is 0.796. The zero-order valence-electron chi connectivity index (χ0n) is 37.4. The number of unbranched alkanes of at least 4 members (excludes halogenated alkanes) is 26. The molecule has 0 saturated heterocycles. The highest BCUT2D eigenvalue weighted by atomic mass is 31.2. The highest BCUT2D eigenvalue weighted by molar-refractivity contribution is 7.46. The van der Waals surface area contributed by atoms with Crippen LogP contribution in [0.3, 0.4) is 0 Å². The van der Waals surface area contributed by atoms with E-state index in [9.17, 15) is 14.2 Å². The first-order valence-electron chi connectivity index (χ1n) is 23.9. The molecule has 0 saturated carbocycles. The van der Waals surface area contributed by atoms with E-state index < -0.39 is 32.5 Å². The number of phosphoric ester groups is 1. The second-order valence-corrected chi connectivity index (χ2v) is 17.3.